The number of halogens is 1. The second kappa shape index (κ2) is 6.77. The number of hydrogen-bond acceptors (Lipinski definition) is 1. The average molecular weight is 198 g/mol. The fraction of sp³-hybridized carbons (Fsp3) is 0.667. The smallest absolute Gasteiger partial charge is 0.126 e. The molecule has 1 unspecified atom stereocenters. The Morgan fingerprint density at radius 3 is 2.00 bits per heavy atom. The predicted molar refractivity (Wildman–Crippen MR) is 56.9 cm³/mol. The Bertz CT molecular complexity index is 176. The number of rotatable bonds is 0. The van der Waals surface area contributed by atoms with Gasteiger partial charge in [0, 0.05) is 0 Å². The van der Waals surface area contributed by atoms with Gasteiger partial charge < -0.3 is 5.11 Å². The van der Waals surface area contributed by atoms with E-state index in [4.69, 9.17) is 0 Å². The summed E-state index contributed by atoms with van der Waals surface area (Å²) < 4.78 is 13.3. The van der Waals surface area contributed by atoms with E-state index in [1.54, 1.807) is 0 Å². The van der Waals surface area contributed by atoms with Crippen LogP contribution >= 0.6 is 0 Å². The summed E-state index contributed by atoms with van der Waals surface area (Å²) in [5, 5.41) is 9.43. The molecule has 0 aromatic carbocycles. The van der Waals surface area contributed by atoms with Gasteiger partial charge in [0.05, 0.1) is 6.10 Å². The number of alkyl halides is 1. The lowest BCUT2D eigenvalue weighted by Crippen LogP contribution is -2.21. The van der Waals surface area contributed by atoms with Crippen molar-refractivity contribution in [3.63, 3.8) is 0 Å². The van der Waals surface area contributed by atoms with Gasteiger partial charge in [0.1, 0.15) is 6.17 Å². The van der Waals surface area contributed by atoms with Crippen molar-refractivity contribution in [1.29, 1.82) is 0 Å². The van der Waals surface area contributed by atoms with Crippen molar-refractivity contribution in [1.82, 2.24) is 0 Å². The molecule has 1 aliphatic carbocycles. The zero-order valence-electron chi connectivity index (χ0n) is 8.53. The predicted octanol–water partition coefficient (Wildman–Crippen LogP) is 3.15. The van der Waals surface area contributed by atoms with Gasteiger partial charge >= 0.3 is 0 Å². The first kappa shape index (κ1) is 11.4. The summed E-state index contributed by atoms with van der Waals surface area (Å²) in [7, 11) is 0. The summed E-state index contributed by atoms with van der Waals surface area (Å²) in [4.78, 5) is 0. The summed E-state index contributed by atoms with van der Waals surface area (Å²) in [6, 6.07) is 0. The lowest BCUT2D eigenvalue weighted by atomic mass is 10.0. The van der Waals surface area contributed by atoms with Crippen LogP contribution in [0.15, 0.2) is 24.3 Å². The van der Waals surface area contributed by atoms with Gasteiger partial charge in [-0.25, -0.2) is 4.39 Å². The van der Waals surface area contributed by atoms with Crippen LogP contribution < -0.4 is 0 Å². The molecule has 1 N–H and O–H groups in total. The Balaban J connectivity index is 2.41. The molecule has 0 fully saturated rings. The highest BCUT2D eigenvalue weighted by Gasteiger charge is 2.16. The van der Waals surface area contributed by atoms with Crippen LogP contribution in [0.5, 0.6) is 0 Å². The second-order valence-corrected chi connectivity index (χ2v) is 3.76. The third-order valence-electron chi connectivity index (χ3n) is 2.49. The highest BCUT2D eigenvalue weighted by Crippen LogP contribution is 2.14. The van der Waals surface area contributed by atoms with E-state index in [-0.39, 0.29) is 0 Å². The van der Waals surface area contributed by atoms with E-state index in [1.165, 1.54) is 0 Å². The minimum absolute atomic E-state index is 0.446. The largest absolute Gasteiger partial charge is 0.390 e. The van der Waals surface area contributed by atoms with Gasteiger partial charge in [-0.15, -0.1) is 0 Å². The van der Waals surface area contributed by atoms with E-state index in [1.807, 2.05) is 12.2 Å². The molecule has 1 aliphatic rings. The molecule has 0 bridgehead atoms. The third-order valence-corrected chi connectivity index (χ3v) is 2.49. The fourth-order valence-corrected chi connectivity index (χ4v) is 1.56. The lowest BCUT2D eigenvalue weighted by Gasteiger charge is -2.14. The van der Waals surface area contributed by atoms with Crippen LogP contribution in [0.3, 0.4) is 0 Å². The van der Waals surface area contributed by atoms with Gasteiger partial charge in [-0.3, -0.25) is 0 Å². The monoisotopic (exact) mass is 198 g/mol. The molecule has 14 heavy (non-hydrogen) atoms. The van der Waals surface area contributed by atoms with Gasteiger partial charge in [0.15, 0.2) is 0 Å². The molecule has 0 heterocycles. The molecule has 1 rings (SSSR count). The summed E-state index contributed by atoms with van der Waals surface area (Å²) in [6.07, 6.45) is 11.0. The minimum Gasteiger partial charge on any atom is -0.390 e. The van der Waals surface area contributed by atoms with E-state index in [0.29, 0.717) is 12.8 Å². The number of aliphatic hydroxyl groups excluding tert-OH is 1. The average Bonchev–Trinajstić information content (AvgIpc) is 2.18. The van der Waals surface area contributed by atoms with Gasteiger partial charge in [-0.1, -0.05) is 24.3 Å². The van der Waals surface area contributed by atoms with Crippen molar-refractivity contribution in [2.24, 2.45) is 0 Å². The Morgan fingerprint density at radius 2 is 1.36 bits per heavy atom. The van der Waals surface area contributed by atoms with Crippen molar-refractivity contribution >= 4 is 0 Å². The molecule has 0 saturated heterocycles. The first-order valence-electron chi connectivity index (χ1n) is 5.43. The van der Waals surface area contributed by atoms with Gasteiger partial charge in [0.25, 0.3) is 0 Å². The molecule has 2 heteroatoms. The van der Waals surface area contributed by atoms with Crippen LogP contribution in [0.2, 0.25) is 0 Å². The molecule has 0 amide bonds. The summed E-state index contributed by atoms with van der Waals surface area (Å²) >= 11 is 0. The maximum atomic E-state index is 13.3. The highest BCUT2D eigenvalue weighted by atomic mass is 19.1. The number of allylic oxidation sites excluding steroid dienone is 4. The van der Waals surface area contributed by atoms with Crippen LogP contribution in [-0.2, 0) is 0 Å². The van der Waals surface area contributed by atoms with E-state index in [2.05, 4.69) is 12.2 Å². The zero-order chi connectivity index (χ0) is 10.2. The van der Waals surface area contributed by atoms with Crippen molar-refractivity contribution in [3.8, 4) is 0 Å². The van der Waals surface area contributed by atoms with Crippen molar-refractivity contribution < 1.29 is 9.50 Å². The Morgan fingerprint density at radius 1 is 0.857 bits per heavy atom. The number of aliphatic hydroxyl groups is 1. The lowest BCUT2D eigenvalue weighted by molar-refractivity contribution is 0.0671. The molecule has 0 radical (unpaired) electrons. The molecule has 1 nitrogen and oxygen atoms in total. The maximum Gasteiger partial charge on any atom is 0.126 e. The Hall–Kier alpha value is -0.630. The Kier molecular flexibility index (Phi) is 5.53. The zero-order valence-corrected chi connectivity index (χ0v) is 8.53. The molecule has 0 aromatic heterocycles. The van der Waals surface area contributed by atoms with Crippen LogP contribution in [-0.4, -0.2) is 17.4 Å². The fourth-order valence-electron chi connectivity index (χ4n) is 1.56. The topological polar surface area (TPSA) is 20.2 Å². The van der Waals surface area contributed by atoms with Crippen LogP contribution in [0.4, 0.5) is 4.39 Å². The SMILES string of the molecule is OC1CC/C=C/CC/C=C/CC[C@H]1F. The molecule has 2 atom stereocenters. The second-order valence-electron chi connectivity index (χ2n) is 3.76. The molecule has 0 spiro atoms. The van der Waals surface area contributed by atoms with Crippen LogP contribution in [0.1, 0.15) is 38.5 Å². The van der Waals surface area contributed by atoms with Gasteiger partial charge in [0.2, 0.25) is 0 Å². The van der Waals surface area contributed by atoms with Crippen LogP contribution in [0.25, 0.3) is 0 Å². The summed E-state index contributed by atoms with van der Waals surface area (Å²) in [5.41, 5.74) is 0. The van der Waals surface area contributed by atoms with Crippen molar-refractivity contribution in [2.75, 3.05) is 0 Å². The molecular weight excluding hydrogens is 179 g/mol. The molecule has 0 aromatic rings. The van der Waals surface area contributed by atoms with Crippen LogP contribution in [0, 0.1) is 0 Å². The first-order valence-corrected chi connectivity index (χ1v) is 5.43. The standard InChI is InChI=1S/C12H19FO/c13-11-9-7-5-3-1-2-4-6-8-10-12(11)14/h3-6,11-12,14H,1-2,7-10H2/b5-3+,6-4+/t11-,12?/m1/s1. The first-order chi connectivity index (χ1) is 6.80. The van der Waals surface area contributed by atoms with Gasteiger partial charge in [-0.05, 0) is 38.5 Å². The number of hydrogen-bond donors (Lipinski definition) is 1. The quantitative estimate of drug-likeness (QED) is 0.593. The Labute approximate surface area is 85.3 Å². The molecular formula is C12H19FO. The third kappa shape index (κ3) is 4.56. The normalized spacial score (nSPS) is 35.3. The van der Waals surface area contributed by atoms with E-state index in [9.17, 15) is 9.50 Å². The van der Waals surface area contributed by atoms with Crippen molar-refractivity contribution in [3.05, 3.63) is 24.3 Å². The van der Waals surface area contributed by atoms with E-state index in [0.717, 1.165) is 25.7 Å². The molecule has 80 valence electrons. The minimum atomic E-state index is -1.06. The summed E-state index contributed by atoms with van der Waals surface area (Å²) in [6.45, 7) is 0. The van der Waals surface area contributed by atoms with E-state index < -0.39 is 12.3 Å². The molecule has 0 saturated carbocycles. The van der Waals surface area contributed by atoms with Gasteiger partial charge in [-0.2, -0.15) is 0 Å². The highest BCUT2D eigenvalue weighted by molar-refractivity contribution is 4.90. The van der Waals surface area contributed by atoms with Crippen molar-refractivity contribution in [2.45, 2.75) is 50.8 Å². The maximum absolute atomic E-state index is 13.3. The van der Waals surface area contributed by atoms with E-state index >= 15 is 0 Å². The summed E-state index contributed by atoms with van der Waals surface area (Å²) in [5.74, 6) is 0. The molecule has 0 aliphatic heterocycles.